The SMILES string of the molecule is CN=C(NCC1CC=CCC1)NCC(O)c1ccc(Cl)s1. The van der Waals surface area contributed by atoms with Crippen LogP contribution in [0.3, 0.4) is 0 Å². The molecular formula is C15H22ClN3OS. The minimum absolute atomic E-state index is 0.418. The normalized spacial score (nSPS) is 20.3. The predicted molar refractivity (Wildman–Crippen MR) is 90.1 cm³/mol. The van der Waals surface area contributed by atoms with Crippen LogP contribution in [-0.2, 0) is 0 Å². The molecule has 1 aliphatic rings. The highest BCUT2D eigenvalue weighted by Crippen LogP contribution is 2.26. The summed E-state index contributed by atoms with van der Waals surface area (Å²) in [4.78, 5) is 5.05. The van der Waals surface area contributed by atoms with Gasteiger partial charge in [0.05, 0.1) is 4.34 Å². The molecule has 2 unspecified atom stereocenters. The molecule has 3 N–H and O–H groups in total. The lowest BCUT2D eigenvalue weighted by Crippen LogP contribution is -2.41. The molecular weight excluding hydrogens is 306 g/mol. The van der Waals surface area contributed by atoms with E-state index in [-0.39, 0.29) is 0 Å². The van der Waals surface area contributed by atoms with Crippen LogP contribution in [0.15, 0.2) is 29.3 Å². The lowest BCUT2D eigenvalue weighted by molar-refractivity contribution is 0.184. The van der Waals surface area contributed by atoms with E-state index < -0.39 is 6.10 Å². The Hall–Kier alpha value is -1.04. The van der Waals surface area contributed by atoms with Gasteiger partial charge in [0.1, 0.15) is 6.10 Å². The van der Waals surface area contributed by atoms with Gasteiger partial charge in [-0.3, -0.25) is 4.99 Å². The molecule has 1 heterocycles. The van der Waals surface area contributed by atoms with E-state index >= 15 is 0 Å². The van der Waals surface area contributed by atoms with Gasteiger partial charge >= 0.3 is 0 Å². The van der Waals surface area contributed by atoms with E-state index in [4.69, 9.17) is 11.6 Å². The zero-order valence-electron chi connectivity index (χ0n) is 12.2. The van der Waals surface area contributed by atoms with Crippen LogP contribution in [0.2, 0.25) is 4.34 Å². The van der Waals surface area contributed by atoms with Crippen LogP contribution in [0.5, 0.6) is 0 Å². The fraction of sp³-hybridized carbons (Fsp3) is 0.533. The van der Waals surface area contributed by atoms with Crippen molar-refractivity contribution in [1.29, 1.82) is 0 Å². The highest BCUT2D eigenvalue weighted by atomic mass is 35.5. The first kappa shape index (κ1) is 16.3. The Balaban J connectivity index is 1.73. The van der Waals surface area contributed by atoms with E-state index in [1.807, 2.05) is 6.07 Å². The molecule has 4 nitrogen and oxygen atoms in total. The van der Waals surface area contributed by atoms with E-state index in [2.05, 4.69) is 27.8 Å². The molecule has 0 fully saturated rings. The van der Waals surface area contributed by atoms with E-state index in [0.29, 0.717) is 16.8 Å². The second-order valence-electron chi connectivity index (χ2n) is 5.14. The predicted octanol–water partition coefficient (Wildman–Crippen LogP) is 2.96. The summed E-state index contributed by atoms with van der Waals surface area (Å²) in [5.41, 5.74) is 0. The molecule has 1 aliphatic carbocycles. The third-order valence-corrected chi connectivity index (χ3v) is 4.88. The number of hydrogen-bond acceptors (Lipinski definition) is 3. The van der Waals surface area contributed by atoms with Crippen LogP contribution < -0.4 is 10.6 Å². The van der Waals surface area contributed by atoms with Gasteiger partial charge in [-0.05, 0) is 37.3 Å². The van der Waals surface area contributed by atoms with Crippen LogP contribution in [-0.4, -0.2) is 31.2 Å². The Kier molecular flexibility index (Phi) is 6.54. The Morgan fingerprint density at radius 3 is 2.95 bits per heavy atom. The Morgan fingerprint density at radius 1 is 1.48 bits per heavy atom. The minimum Gasteiger partial charge on any atom is -0.386 e. The fourth-order valence-electron chi connectivity index (χ4n) is 2.30. The van der Waals surface area contributed by atoms with Crippen molar-refractivity contribution >= 4 is 28.9 Å². The van der Waals surface area contributed by atoms with Crippen molar-refractivity contribution in [3.05, 3.63) is 33.5 Å². The third-order valence-electron chi connectivity index (χ3n) is 3.54. The van der Waals surface area contributed by atoms with Gasteiger partial charge in [0.2, 0.25) is 0 Å². The molecule has 0 radical (unpaired) electrons. The topological polar surface area (TPSA) is 56.7 Å². The molecule has 1 aromatic heterocycles. The summed E-state index contributed by atoms with van der Waals surface area (Å²) in [6, 6.07) is 3.65. The molecule has 2 rings (SSSR count). The van der Waals surface area contributed by atoms with Crippen LogP contribution in [0.1, 0.15) is 30.2 Å². The second kappa shape index (κ2) is 8.41. The van der Waals surface area contributed by atoms with Gasteiger partial charge in [0.25, 0.3) is 0 Å². The largest absolute Gasteiger partial charge is 0.386 e. The highest BCUT2D eigenvalue weighted by molar-refractivity contribution is 7.16. The maximum Gasteiger partial charge on any atom is 0.191 e. The van der Waals surface area contributed by atoms with Gasteiger partial charge in [0.15, 0.2) is 5.96 Å². The third kappa shape index (κ3) is 5.34. The van der Waals surface area contributed by atoms with Crippen molar-refractivity contribution in [2.24, 2.45) is 10.9 Å². The number of nitrogens with one attached hydrogen (secondary N) is 2. The summed E-state index contributed by atoms with van der Waals surface area (Å²) in [6.45, 7) is 1.33. The summed E-state index contributed by atoms with van der Waals surface area (Å²) in [6.07, 6.45) is 7.43. The van der Waals surface area contributed by atoms with Crippen molar-refractivity contribution in [2.75, 3.05) is 20.1 Å². The van der Waals surface area contributed by atoms with E-state index in [9.17, 15) is 5.11 Å². The van der Waals surface area contributed by atoms with Crippen LogP contribution in [0, 0.1) is 5.92 Å². The summed E-state index contributed by atoms with van der Waals surface area (Å²) >= 11 is 7.27. The zero-order chi connectivity index (χ0) is 15.1. The molecule has 116 valence electrons. The average molecular weight is 328 g/mol. The van der Waals surface area contributed by atoms with Crippen molar-refractivity contribution in [3.63, 3.8) is 0 Å². The molecule has 0 amide bonds. The number of guanidine groups is 1. The first-order chi connectivity index (χ1) is 10.2. The number of rotatable bonds is 5. The molecule has 2 atom stereocenters. The molecule has 0 spiro atoms. The monoisotopic (exact) mass is 327 g/mol. The number of halogens is 1. The summed E-state index contributed by atoms with van der Waals surface area (Å²) in [5, 5.41) is 16.6. The summed E-state index contributed by atoms with van der Waals surface area (Å²) in [5.74, 6) is 1.39. The fourth-order valence-corrected chi connectivity index (χ4v) is 3.35. The summed E-state index contributed by atoms with van der Waals surface area (Å²) < 4.78 is 0.692. The smallest absolute Gasteiger partial charge is 0.191 e. The molecule has 0 saturated carbocycles. The summed E-state index contributed by atoms with van der Waals surface area (Å²) in [7, 11) is 1.74. The molecule has 1 aromatic rings. The molecule has 0 aromatic carbocycles. The van der Waals surface area contributed by atoms with Crippen molar-refractivity contribution in [1.82, 2.24) is 10.6 Å². The number of nitrogens with zero attached hydrogens (tertiary/aromatic N) is 1. The first-order valence-electron chi connectivity index (χ1n) is 7.22. The number of allylic oxidation sites excluding steroid dienone is 2. The van der Waals surface area contributed by atoms with Crippen molar-refractivity contribution in [3.8, 4) is 0 Å². The lowest BCUT2D eigenvalue weighted by Gasteiger charge is -2.20. The molecule has 0 bridgehead atoms. The van der Waals surface area contributed by atoms with E-state index in [0.717, 1.165) is 30.2 Å². The van der Waals surface area contributed by atoms with Gasteiger partial charge < -0.3 is 15.7 Å². The molecule has 6 heteroatoms. The van der Waals surface area contributed by atoms with Gasteiger partial charge in [-0.25, -0.2) is 0 Å². The number of hydrogen-bond donors (Lipinski definition) is 3. The number of aliphatic hydroxyl groups is 1. The average Bonchev–Trinajstić information content (AvgIpc) is 2.95. The van der Waals surface area contributed by atoms with Crippen LogP contribution in [0.4, 0.5) is 0 Å². The quantitative estimate of drug-likeness (QED) is 0.443. The van der Waals surface area contributed by atoms with Crippen LogP contribution >= 0.6 is 22.9 Å². The first-order valence-corrected chi connectivity index (χ1v) is 8.41. The van der Waals surface area contributed by atoms with Crippen molar-refractivity contribution in [2.45, 2.75) is 25.4 Å². The maximum absolute atomic E-state index is 10.1. The Morgan fingerprint density at radius 2 is 2.33 bits per heavy atom. The number of aliphatic imine (C=N–C) groups is 1. The van der Waals surface area contributed by atoms with Gasteiger partial charge in [0, 0.05) is 25.0 Å². The van der Waals surface area contributed by atoms with E-state index in [1.165, 1.54) is 17.8 Å². The molecule has 21 heavy (non-hydrogen) atoms. The number of aliphatic hydroxyl groups excluding tert-OH is 1. The van der Waals surface area contributed by atoms with Gasteiger partial charge in [-0.2, -0.15) is 0 Å². The number of thiophene rings is 1. The van der Waals surface area contributed by atoms with Crippen LogP contribution in [0.25, 0.3) is 0 Å². The standard InChI is InChI=1S/C15H22ClN3OS/c1-17-15(18-9-11-5-3-2-4-6-11)19-10-12(20)13-7-8-14(16)21-13/h2-3,7-8,11-12,20H,4-6,9-10H2,1H3,(H2,17,18,19). The van der Waals surface area contributed by atoms with Gasteiger partial charge in [-0.1, -0.05) is 23.8 Å². The van der Waals surface area contributed by atoms with E-state index in [1.54, 1.807) is 13.1 Å². The Labute approximate surface area is 134 Å². The molecule has 0 saturated heterocycles. The van der Waals surface area contributed by atoms with Gasteiger partial charge in [-0.15, -0.1) is 11.3 Å². The minimum atomic E-state index is -0.571. The Bertz CT molecular complexity index is 501. The lowest BCUT2D eigenvalue weighted by atomic mass is 9.94. The van der Waals surface area contributed by atoms with Crippen molar-refractivity contribution < 1.29 is 5.11 Å². The molecule has 0 aliphatic heterocycles. The zero-order valence-corrected chi connectivity index (χ0v) is 13.8. The highest BCUT2D eigenvalue weighted by Gasteiger charge is 2.13. The maximum atomic E-state index is 10.1. The second-order valence-corrected chi connectivity index (χ2v) is 6.89.